The van der Waals surface area contributed by atoms with Crippen LogP contribution in [0.5, 0.6) is 0 Å². The predicted molar refractivity (Wildman–Crippen MR) is 72.9 cm³/mol. The second-order valence-corrected chi connectivity index (χ2v) is 6.29. The summed E-state index contributed by atoms with van der Waals surface area (Å²) < 4.78 is 28.1. The summed E-state index contributed by atoms with van der Waals surface area (Å²) in [5, 5.41) is 13.0. The van der Waals surface area contributed by atoms with Crippen LogP contribution in [0, 0.1) is 13.8 Å². The van der Waals surface area contributed by atoms with Crippen LogP contribution in [0.25, 0.3) is 0 Å². The third-order valence-corrected chi connectivity index (χ3v) is 4.71. The number of aliphatic carboxylic acids is 1. The van der Waals surface area contributed by atoms with Crippen molar-refractivity contribution in [1.29, 1.82) is 0 Å². The molecule has 0 bridgehead atoms. The van der Waals surface area contributed by atoms with Gasteiger partial charge >= 0.3 is 5.97 Å². The van der Waals surface area contributed by atoms with Crippen LogP contribution < -0.4 is 10.5 Å². The Balaban J connectivity index is 3.06. The Hall–Kier alpha value is -1.94. The molecule has 1 atom stereocenters. The van der Waals surface area contributed by atoms with Gasteiger partial charge in [-0.3, -0.25) is 14.3 Å². The highest BCUT2D eigenvalue weighted by atomic mass is 32.2. The zero-order valence-corrected chi connectivity index (χ0v) is 12.8. The predicted octanol–water partition coefficient (Wildman–Crippen LogP) is -0.966. The van der Waals surface area contributed by atoms with Gasteiger partial charge in [0, 0.05) is 13.5 Å². The van der Waals surface area contributed by atoms with E-state index in [0.717, 1.165) is 0 Å². The zero-order chi connectivity index (χ0) is 16.4. The number of nitrogens with zero attached hydrogens (tertiary/aromatic N) is 2. The van der Waals surface area contributed by atoms with E-state index in [1.807, 2.05) is 0 Å². The van der Waals surface area contributed by atoms with Crippen LogP contribution in [-0.2, 0) is 26.7 Å². The summed E-state index contributed by atoms with van der Waals surface area (Å²) in [6.07, 6.45) is -0.452. The third kappa shape index (κ3) is 4.02. The van der Waals surface area contributed by atoms with Crippen LogP contribution in [0.3, 0.4) is 0 Å². The van der Waals surface area contributed by atoms with Crippen molar-refractivity contribution in [3.63, 3.8) is 0 Å². The standard InChI is InChI=1S/C11H18N4O5S/c1-6-10(7(2)15(3)13-6)21(19,20)14-8(11(17)18)4-5-9(12)16/h8,14H,4-5H2,1-3H3,(H2,12,16)(H,17,18)/t8-/m0/s1. The molecule has 0 aliphatic carbocycles. The molecule has 4 N–H and O–H groups in total. The van der Waals surface area contributed by atoms with E-state index < -0.39 is 27.9 Å². The van der Waals surface area contributed by atoms with E-state index in [1.54, 1.807) is 14.0 Å². The van der Waals surface area contributed by atoms with Crippen molar-refractivity contribution in [1.82, 2.24) is 14.5 Å². The maximum atomic E-state index is 12.3. The molecule has 0 radical (unpaired) electrons. The highest BCUT2D eigenvalue weighted by molar-refractivity contribution is 7.89. The number of hydrogen-bond donors (Lipinski definition) is 3. The van der Waals surface area contributed by atoms with Gasteiger partial charge in [-0.05, 0) is 20.3 Å². The highest BCUT2D eigenvalue weighted by Crippen LogP contribution is 2.19. The normalized spacial score (nSPS) is 13.1. The van der Waals surface area contributed by atoms with Gasteiger partial charge in [-0.1, -0.05) is 0 Å². The number of rotatable bonds is 7. The molecule has 1 amide bonds. The molecule has 1 rings (SSSR count). The molecule has 0 aromatic carbocycles. The Morgan fingerprint density at radius 2 is 2.00 bits per heavy atom. The summed E-state index contributed by atoms with van der Waals surface area (Å²) in [5.41, 5.74) is 5.60. The number of carboxylic acids is 1. The minimum absolute atomic E-state index is 0.0599. The summed E-state index contributed by atoms with van der Waals surface area (Å²) >= 11 is 0. The van der Waals surface area contributed by atoms with Crippen LogP contribution in [0.15, 0.2) is 4.90 Å². The lowest BCUT2D eigenvalue weighted by Crippen LogP contribution is -2.41. The van der Waals surface area contributed by atoms with Crippen LogP contribution >= 0.6 is 0 Å². The van der Waals surface area contributed by atoms with Gasteiger partial charge in [0.05, 0.1) is 11.4 Å². The van der Waals surface area contributed by atoms with Crippen molar-refractivity contribution in [2.75, 3.05) is 0 Å². The number of aryl methyl sites for hydroxylation is 2. The quantitative estimate of drug-likeness (QED) is 0.590. The van der Waals surface area contributed by atoms with Crippen LogP contribution in [0.1, 0.15) is 24.2 Å². The Bertz CT molecular complexity index is 664. The Morgan fingerprint density at radius 3 is 2.38 bits per heavy atom. The molecule has 1 aromatic heterocycles. The van der Waals surface area contributed by atoms with Crippen molar-refractivity contribution in [2.45, 2.75) is 37.6 Å². The molecule has 0 aliphatic rings. The molecule has 0 fully saturated rings. The maximum Gasteiger partial charge on any atom is 0.321 e. The lowest BCUT2D eigenvalue weighted by Gasteiger charge is -2.14. The number of nitrogens with two attached hydrogens (primary N) is 1. The lowest BCUT2D eigenvalue weighted by atomic mass is 10.2. The lowest BCUT2D eigenvalue weighted by molar-refractivity contribution is -0.139. The first kappa shape index (κ1) is 17.1. The summed E-state index contributed by atoms with van der Waals surface area (Å²) in [6.45, 7) is 3.08. The monoisotopic (exact) mass is 318 g/mol. The van der Waals surface area contributed by atoms with Crippen molar-refractivity contribution >= 4 is 21.9 Å². The first-order valence-electron chi connectivity index (χ1n) is 6.10. The Labute approximate surface area is 122 Å². The molecule has 9 nitrogen and oxygen atoms in total. The number of carbonyl (C=O) groups excluding carboxylic acids is 1. The third-order valence-electron chi connectivity index (χ3n) is 2.99. The fourth-order valence-corrected chi connectivity index (χ4v) is 3.57. The van der Waals surface area contributed by atoms with Gasteiger partial charge < -0.3 is 10.8 Å². The number of aromatic nitrogens is 2. The Kier molecular flexibility index (Phi) is 5.07. The zero-order valence-electron chi connectivity index (χ0n) is 12.0. The summed E-state index contributed by atoms with van der Waals surface area (Å²) in [4.78, 5) is 21.7. The van der Waals surface area contributed by atoms with E-state index in [1.165, 1.54) is 11.6 Å². The minimum atomic E-state index is -4.06. The second kappa shape index (κ2) is 6.22. The first-order chi connectivity index (χ1) is 9.56. The molecule has 10 heteroatoms. The van der Waals surface area contributed by atoms with Crippen molar-refractivity contribution in [3.8, 4) is 0 Å². The first-order valence-corrected chi connectivity index (χ1v) is 7.58. The summed E-state index contributed by atoms with van der Waals surface area (Å²) in [6, 6.07) is -1.43. The van der Waals surface area contributed by atoms with Crippen LogP contribution in [0.4, 0.5) is 0 Å². The van der Waals surface area contributed by atoms with Gasteiger partial charge in [-0.15, -0.1) is 0 Å². The number of hydrogen-bond acceptors (Lipinski definition) is 5. The molecular formula is C11H18N4O5S. The smallest absolute Gasteiger partial charge is 0.321 e. The molecule has 0 spiro atoms. The van der Waals surface area contributed by atoms with E-state index in [0.29, 0.717) is 5.69 Å². The number of sulfonamides is 1. The van der Waals surface area contributed by atoms with E-state index in [9.17, 15) is 18.0 Å². The van der Waals surface area contributed by atoms with E-state index in [-0.39, 0.29) is 23.4 Å². The molecule has 0 aliphatic heterocycles. The number of primary amides is 1. The molecule has 118 valence electrons. The highest BCUT2D eigenvalue weighted by Gasteiger charge is 2.29. The van der Waals surface area contributed by atoms with Crippen LogP contribution in [-0.4, -0.2) is 41.2 Å². The van der Waals surface area contributed by atoms with Gasteiger partial charge in [0.1, 0.15) is 10.9 Å². The topological polar surface area (TPSA) is 144 Å². The van der Waals surface area contributed by atoms with Crippen LogP contribution in [0.2, 0.25) is 0 Å². The molecule has 0 saturated carbocycles. The van der Waals surface area contributed by atoms with Gasteiger partial charge in [0.25, 0.3) is 0 Å². The van der Waals surface area contributed by atoms with Crippen molar-refractivity contribution in [3.05, 3.63) is 11.4 Å². The SMILES string of the molecule is Cc1nn(C)c(C)c1S(=O)(=O)N[C@@H](CCC(N)=O)C(=O)O. The largest absolute Gasteiger partial charge is 0.480 e. The fourth-order valence-electron chi connectivity index (χ4n) is 1.91. The average Bonchev–Trinajstić information content (AvgIpc) is 2.58. The van der Waals surface area contributed by atoms with E-state index in [2.05, 4.69) is 9.82 Å². The number of amides is 1. The molecule has 1 aromatic rings. The second-order valence-electron chi connectivity index (χ2n) is 4.64. The fraction of sp³-hybridized carbons (Fsp3) is 0.545. The molecule has 21 heavy (non-hydrogen) atoms. The van der Waals surface area contributed by atoms with Crippen molar-refractivity contribution in [2.24, 2.45) is 12.8 Å². The van der Waals surface area contributed by atoms with Gasteiger partial charge in [-0.25, -0.2) is 8.42 Å². The number of carboxylic acid groups (broad SMARTS) is 1. The molecule has 0 saturated heterocycles. The minimum Gasteiger partial charge on any atom is -0.480 e. The Morgan fingerprint density at radius 1 is 1.43 bits per heavy atom. The van der Waals surface area contributed by atoms with Gasteiger partial charge in [0.15, 0.2) is 0 Å². The maximum absolute atomic E-state index is 12.3. The summed E-state index contributed by atoms with van der Waals surface area (Å²) in [5.74, 6) is -2.08. The average molecular weight is 318 g/mol. The molecular weight excluding hydrogens is 300 g/mol. The van der Waals surface area contributed by atoms with Gasteiger partial charge in [-0.2, -0.15) is 9.82 Å². The van der Waals surface area contributed by atoms with Crippen molar-refractivity contribution < 1.29 is 23.1 Å². The van der Waals surface area contributed by atoms with E-state index >= 15 is 0 Å². The summed E-state index contributed by atoms with van der Waals surface area (Å²) in [7, 11) is -2.47. The number of nitrogens with one attached hydrogen (secondary N) is 1. The van der Waals surface area contributed by atoms with Gasteiger partial charge in [0.2, 0.25) is 15.9 Å². The van der Waals surface area contributed by atoms with E-state index in [4.69, 9.17) is 10.8 Å². The molecule has 0 unspecified atom stereocenters. The number of carbonyl (C=O) groups is 2. The molecule has 1 heterocycles.